The van der Waals surface area contributed by atoms with Crippen molar-refractivity contribution in [3.05, 3.63) is 35.4 Å². The summed E-state index contributed by atoms with van der Waals surface area (Å²) in [7, 11) is 2.03. The topological polar surface area (TPSA) is 51.4 Å². The van der Waals surface area contributed by atoms with Crippen molar-refractivity contribution in [2.45, 2.75) is 6.54 Å². The van der Waals surface area contributed by atoms with Crippen molar-refractivity contribution in [3.63, 3.8) is 0 Å². The summed E-state index contributed by atoms with van der Waals surface area (Å²) < 4.78 is 0. The summed E-state index contributed by atoms with van der Waals surface area (Å²) in [4.78, 5) is 6.45. The third-order valence-electron chi connectivity index (χ3n) is 2.59. The van der Waals surface area contributed by atoms with Crippen molar-refractivity contribution >= 4 is 29.9 Å². The van der Waals surface area contributed by atoms with Gasteiger partial charge in [-0.05, 0) is 17.7 Å². The molecule has 90 valence electrons. The van der Waals surface area contributed by atoms with Gasteiger partial charge in [-0.2, -0.15) is 5.26 Å². The van der Waals surface area contributed by atoms with Crippen LogP contribution in [0.5, 0.6) is 0 Å². The van der Waals surface area contributed by atoms with Crippen molar-refractivity contribution in [2.24, 2.45) is 4.99 Å². The lowest BCUT2D eigenvalue weighted by molar-refractivity contribution is 0.534. The second-order valence-corrected chi connectivity index (χ2v) is 3.79. The molecule has 5 heteroatoms. The lowest BCUT2D eigenvalue weighted by Gasteiger charge is -2.15. The summed E-state index contributed by atoms with van der Waals surface area (Å²) in [5, 5.41) is 12.0. The first-order valence-electron chi connectivity index (χ1n) is 5.28. The Balaban J connectivity index is 0.00000144. The number of rotatable bonds is 2. The Morgan fingerprint density at radius 2 is 2.12 bits per heavy atom. The number of halogens is 1. The predicted octanol–water partition coefficient (Wildman–Crippen LogP) is 1.57. The van der Waals surface area contributed by atoms with E-state index in [0.717, 1.165) is 31.2 Å². The van der Waals surface area contributed by atoms with Crippen molar-refractivity contribution in [1.82, 2.24) is 10.2 Å². The molecule has 1 aliphatic heterocycles. The first-order chi connectivity index (χ1) is 7.79. The maximum Gasteiger partial charge on any atom is 0.194 e. The Labute approximate surface area is 118 Å². The Hall–Kier alpha value is -1.29. The molecular weight excluding hydrogens is 327 g/mol. The van der Waals surface area contributed by atoms with Gasteiger partial charge in [-0.15, -0.1) is 24.0 Å². The number of hydrogen-bond acceptors (Lipinski definition) is 4. The van der Waals surface area contributed by atoms with Gasteiger partial charge in [-0.1, -0.05) is 12.1 Å². The van der Waals surface area contributed by atoms with Crippen LogP contribution in [0.25, 0.3) is 0 Å². The lowest BCUT2D eigenvalue weighted by Crippen LogP contribution is -2.35. The fraction of sp³-hybridized carbons (Fsp3) is 0.333. The van der Waals surface area contributed by atoms with Gasteiger partial charge in [0.25, 0.3) is 0 Å². The van der Waals surface area contributed by atoms with E-state index < -0.39 is 0 Å². The number of hydrogen-bond donors (Lipinski definition) is 1. The number of guanidine groups is 1. The number of aliphatic imine (C=N–C) groups is 1. The highest BCUT2D eigenvalue weighted by Crippen LogP contribution is 2.03. The van der Waals surface area contributed by atoms with E-state index in [1.54, 1.807) is 0 Å². The molecule has 0 fully saturated rings. The molecular formula is C12H15IN4. The van der Waals surface area contributed by atoms with Crippen LogP contribution in [-0.4, -0.2) is 31.0 Å². The van der Waals surface area contributed by atoms with Crippen molar-refractivity contribution < 1.29 is 0 Å². The molecule has 1 aliphatic rings. The largest absolute Gasteiger partial charge is 0.352 e. The Kier molecular flexibility index (Phi) is 5.22. The molecule has 1 aromatic rings. The molecule has 17 heavy (non-hydrogen) atoms. The molecule has 0 bridgehead atoms. The summed E-state index contributed by atoms with van der Waals surface area (Å²) in [6.07, 6.45) is 0. The highest BCUT2D eigenvalue weighted by atomic mass is 127. The quantitative estimate of drug-likeness (QED) is 0.830. The molecule has 0 saturated carbocycles. The van der Waals surface area contributed by atoms with Crippen LogP contribution < -0.4 is 5.32 Å². The van der Waals surface area contributed by atoms with Crippen molar-refractivity contribution in [3.8, 4) is 6.07 Å². The van der Waals surface area contributed by atoms with E-state index >= 15 is 0 Å². The second-order valence-electron chi connectivity index (χ2n) is 3.79. The maximum absolute atomic E-state index is 8.67. The van der Waals surface area contributed by atoms with Crippen molar-refractivity contribution in [2.75, 3.05) is 20.1 Å². The maximum atomic E-state index is 8.67. The minimum absolute atomic E-state index is 0. The molecule has 4 nitrogen and oxygen atoms in total. The molecule has 1 heterocycles. The first kappa shape index (κ1) is 13.8. The van der Waals surface area contributed by atoms with E-state index in [1.165, 1.54) is 0 Å². The highest BCUT2D eigenvalue weighted by Gasteiger charge is 2.10. The number of benzene rings is 1. The SMILES string of the molecule is CN1CCN=C1NCc1ccc(C#N)cc1.I. The molecule has 0 aromatic heterocycles. The van der Waals surface area contributed by atoms with Gasteiger partial charge in [0.15, 0.2) is 5.96 Å². The van der Waals surface area contributed by atoms with Crippen molar-refractivity contribution in [1.29, 1.82) is 5.26 Å². The van der Waals surface area contributed by atoms with Gasteiger partial charge < -0.3 is 10.2 Å². The highest BCUT2D eigenvalue weighted by molar-refractivity contribution is 14.0. The van der Waals surface area contributed by atoms with E-state index in [-0.39, 0.29) is 24.0 Å². The molecule has 0 spiro atoms. The van der Waals surface area contributed by atoms with E-state index in [1.807, 2.05) is 31.3 Å². The normalized spacial score (nSPS) is 13.6. The van der Waals surface area contributed by atoms with Crippen LogP contribution in [0.4, 0.5) is 0 Å². The van der Waals surface area contributed by atoms with E-state index in [2.05, 4.69) is 21.3 Å². The van der Waals surface area contributed by atoms with Gasteiger partial charge in [0.2, 0.25) is 0 Å². The molecule has 0 aliphatic carbocycles. The minimum Gasteiger partial charge on any atom is -0.352 e. The predicted molar refractivity (Wildman–Crippen MR) is 78.3 cm³/mol. The summed E-state index contributed by atoms with van der Waals surface area (Å²) in [6, 6.07) is 9.69. The van der Waals surface area contributed by atoms with Crippen LogP contribution in [0.1, 0.15) is 11.1 Å². The van der Waals surface area contributed by atoms with Crippen LogP contribution in [0.15, 0.2) is 29.3 Å². The van der Waals surface area contributed by atoms with E-state index in [4.69, 9.17) is 5.26 Å². The Morgan fingerprint density at radius 1 is 1.41 bits per heavy atom. The molecule has 0 atom stereocenters. The molecule has 1 aromatic carbocycles. The first-order valence-corrected chi connectivity index (χ1v) is 5.28. The fourth-order valence-electron chi connectivity index (χ4n) is 1.60. The average Bonchev–Trinajstić information content (AvgIpc) is 2.73. The zero-order valence-electron chi connectivity index (χ0n) is 9.68. The average molecular weight is 342 g/mol. The molecule has 2 rings (SSSR count). The third kappa shape index (κ3) is 3.60. The van der Waals surface area contributed by atoms with E-state index in [0.29, 0.717) is 5.56 Å². The molecule has 0 amide bonds. The van der Waals surface area contributed by atoms with Crippen LogP contribution in [0.2, 0.25) is 0 Å². The zero-order chi connectivity index (χ0) is 11.4. The molecule has 1 N–H and O–H groups in total. The van der Waals surface area contributed by atoms with Gasteiger partial charge in [0.1, 0.15) is 0 Å². The Morgan fingerprint density at radius 3 is 2.65 bits per heavy atom. The second kappa shape index (κ2) is 6.45. The molecule has 0 radical (unpaired) electrons. The minimum atomic E-state index is 0. The van der Waals surface area contributed by atoms with Crippen LogP contribution >= 0.6 is 24.0 Å². The van der Waals surface area contributed by atoms with Crippen LogP contribution in [0.3, 0.4) is 0 Å². The fourth-order valence-corrected chi connectivity index (χ4v) is 1.60. The third-order valence-corrected chi connectivity index (χ3v) is 2.59. The summed E-state index contributed by atoms with van der Waals surface area (Å²) in [5.74, 6) is 0.948. The molecule has 0 unspecified atom stereocenters. The van der Waals surface area contributed by atoms with Gasteiger partial charge in [-0.3, -0.25) is 4.99 Å². The van der Waals surface area contributed by atoms with Gasteiger partial charge >= 0.3 is 0 Å². The van der Waals surface area contributed by atoms with Gasteiger partial charge in [0.05, 0.1) is 18.2 Å². The smallest absolute Gasteiger partial charge is 0.194 e. The number of nitriles is 1. The van der Waals surface area contributed by atoms with Crippen LogP contribution in [0, 0.1) is 11.3 Å². The van der Waals surface area contributed by atoms with Gasteiger partial charge in [-0.25, -0.2) is 0 Å². The number of nitrogens with one attached hydrogen (secondary N) is 1. The monoisotopic (exact) mass is 342 g/mol. The standard InChI is InChI=1S/C12H14N4.HI/c1-16-7-6-14-12(16)15-9-11-4-2-10(8-13)3-5-11;/h2-5H,6-7,9H2,1H3,(H,14,15);1H. The van der Waals surface area contributed by atoms with Crippen LogP contribution in [-0.2, 0) is 6.54 Å². The molecule has 0 saturated heterocycles. The Bertz CT molecular complexity index is 433. The zero-order valence-corrected chi connectivity index (χ0v) is 12.0. The van der Waals surface area contributed by atoms with Gasteiger partial charge in [0, 0.05) is 20.1 Å². The number of nitrogens with zero attached hydrogens (tertiary/aromatic N) is 3. The van der Waals surface area contributed by atoms with E-state index in [9.17, 15) is 0 Å². The number of likely N-dealkylation sites (N-methyl/N-ethyl adjacent to an activating group) is 1. The summed E-state index contributed by atoms with van der Waals surface area (Å²) in [6.45, 7) is 2.59. The summed E-state index contributed by atoms with van der Waals surface area (Å²) in [5.41, 5.74) is 1.85. The lowest BCUT2D eigenvalue weighted by atomic mass is 10.1. The summed E-state index contributed by atoms with van der Waals surface area (Å²) >= 11 is 0.